The lowest BCUT2D eigenvalue weighted by Gasteiger charge is -2.25. The maximum Gasteiger partial charge on any atom is 0.338 e. The van der Waals surface area contributed by atoms with Crippen LogP contribution in [-0.4, -0.2) is 33.9 Å². The van der Waals surface area contributed by atoms with E-state index < -0.39 is 12.0 Å². The molecule has 10 nitrogen and oxygen atoms in total. The number of fused-ring (bicyclic) bond motifs is 2. The Morgan fingerprint density at radius 3 is 2.80 bits per heavy atom. The molecule has 2 aliphatic rings. The molecule has 2 aliphatic heterocycles. The van der Waals surface area contributed by atoms with Gasteiger partial charge in [-0.25, -0.2) is 15.0 Å². The number of carbonyl (C=O) groups excluding carboxylic acids is 1. The summed E-state index contributed by atoms with van der Waals surface area (Å²) < 4.78 is 19.1. The lowest BCUT2D eigenvalue weighted by Crippen LogP contribution is -2.39. The van der Waals surface area contributed by atoms with E-state index in [1.54, 1.807) is 51.1 Å². The Kier molecular flexibility index (Phi) is 6.66. The normalized spacial score (nSPS) is 16.2. The number of hydrogen-bond acceptors (Lipinski definition) is 8. The molecule has 1 unspecified atom stereocenters. The van der Waals surface area contributed by atoms with Gasteiger partial charge in [-0.05, 0) is 61.7 Å². The van der Waals surface area contributed by atoms with Crippen molar-refractivity contribution >= 4 is 29.1 Å². The van der Waals surface area contributed by atoms with E-state index in [9.17, 15) is 19.7 Å². The Bertz CT molecular complexity index is 1950. The van der Waals surface area contributed by atoms with Gasteiger partial charge in [0.2, 0.25) is 0 Å². The predicted molar refractivity (Wildman–Crippen MR) is 150 cm³/mol. The van der Waals surface area contributed by atoms with E-state index in [-0.39, 0.29) is 22.8 Å². The summed E-state index contributed by atoms with van der Waals surface area (Å²) in [6, 6.07) is 13.3. The highest BCUT2D eigenvalue weighted by Gasteiger charge is 2.34. The van der Waals surface area contributed by atoms with Crippen LogP contribution in [0.15, 0.2) is 74.0 Å². The number of esters is 1. The van der Waals surface area contributed by atoms with Crippen molar-refractivity contribution in [3.8, 4) is 17.1 Å². The monoisotopic (exact) mass is 572 g/mol. The van der Waals surface area contributed by atoms with E-state index in [0.717, 1.165) is 34.4 Å². The zero-order chi connectivity index (χ0) is 28.8. The van der Waals surface area contributed by atoms with Crippen LogP contribution < -0.4 is 19.6 Å². The quantitative estimate of drug-likeness (QED) is 0.273. The molecular formula is C30H26N3O7S+. The first kappa shape index (κ1) is 26.5. The minimum absolute atomic E-state index is 0.112. The summed E-state index contributed by atoms with van der Waals surface area (Å²) >= 11 is 1.21. The molecule has 0 fully saturated rings. The molecule has 1 N–H and O–H groups in total. The second-order valence-electron chi connectivity index (χ2n) is 9.74. The minimum Gasteiger partial charge on any atom is -0.493 e. The van der Waals surface area contributed by atoms with E-state index in [1.807, 2.05) is 18.2 Å². The third-order valence-corrected chi connectivity index (χ3v) is 8.13. The molecule has 0 radical (unpaired) electrons. The van der Waals surface area contributed by atoms with Crippen LogP contribution in [0, 0.1) is 11.8 Å². The highest BCUT2D eigenvalue weighted by Crippen LogP contribution is 2.35. The van der Waals surface area contributed by atoms with Gasteiger partial charge >= 0.3 is 11.7 Å². The molecule has 41 heavy (non-hydrogen) atoms. The highest BCUT2D eigenvalue weighted by atomic mass is 32.1. The Morgan fingerprint density at radius 1 is 1.22 bits per heavy atom. The van der Waals surface area contributed by atoms with Crippen molar-refractivity contribution in [1.82, 2.24) is 4.57 Å². The molecule has 6 rings (SSSR count). The molecule has 208 valence electrons. The fraction of sp³-hybridized carbons (Fsp3) is 0.233. The van der Waals surface area contributed by atoms with Gasteiger partial charge < -0.3 is 13.9 Å². The van der Waals surface area contributed by atoms with Crippen molar-refractivity contribution in [1.29, 1.82) is 0 Å². The van der Waals surface area contributed by atoms with Gasteiger partial charge in [-0.3, -0.25) is 9.36 Å². The standard InChI is InChI=1S/C30H26N3O7S/c1-4-38-29(35)26-17(3)31-30-32(27(26)19-6-5-18-11-12-39-24(18)14-19)28(34)25(41-30)15-21-8-10-23(40-21)22-9-7-20(33(36)37)13-16(22)2/h5-10,13-15,27H,4,11-12H2,1-3H3,(H,36,37)/q+1/b25-15-. The zero-order valence-corrected chi connectivity index (χ0v) is 23.4. The average molecular weight is 573 g/mol. The van der Waals surface area contributed by atoms with Crippen LogP contribution in [0.1, 0.15) is 42.3 Å². The fourth-order valence-electron chi connectivity index (χ4n) is 5.21. The van der Waals surface area contributed by atoms with Crippen molar-refractivity contribution in [3.05, 3.63) is 107 Å². The van der Waals surface area contributed by atoms with Crippen molar-refractivity contribution in [2.75, 3.05) is 13.2 Å². The summed E-state index contributed by atoms with van der Waals surface area (Å²) in [4.78, 5) is 43.1. The number of hydrogen-bond donors (Lipinski definition) is 1. The van der Waals surface area contributed by atoms with E-state index in [1.165, 1.54) is 22.0 Å². The van der Waals surface area contributed by atoms with E-state index in [2.05, 4.69) is 4.99 Å². The van der Waals surface area contributed by atoms with Crippen LogP contribution in [-0.2, 0) is 16.0 Å². The number of thiazole rings is 1. The lowest BCUT2D eigenvalue weighted by atomic mass is 9.94. The van der Waals surface area contributed by atoms with Gasteiger partial charge in [-0.1, -0.05) is 23.5 Å². The molecular weight excluding hydrogens is 546 g/mol. The summed E-state index contributed by atoms with van der Waals surface area (Å²) in [7, 11) is 0. The first-order chi connectivity index (χ1) is 19.7. The summed E-state index contributed by atoms with van der Waals surface area (Å²) in [5.74, 6) is 1.22. The SMILES string of the molecule is CCOC(=O)C1=C(C)N=c2s/c(=C\c3ccc(-c4ccc([N+](=O)O)cc4C)o3)c(=O)n2C1c1ccc2c(c1)OCC2. The van der Waals surface area contributed by atoms with Crippen molar-refractivity contribution in [3.63, 3.8) is 0 Å². The Hall–Kier alpha value is -4.77. The van der Waals surface area contributed by atoms with Gasteiger partial charge in [0.05, 0.1) is 40.0 Å². The van der Waals surface area contributed by atoms with Gasteiger partial charge in [0.1, 0.15) is 17.3 Å². The van der Waals surface area contributed by atoms with E-state index in [0.29, 0.717) is 38.7 Å². The first-order valence-corrected chi connectivity index (χ1v) is 13.9. The van der Waals surface area contributed by atoms with E-state index in [4.69, 9.17) is 13.9 Å². The molecule has 0 saturated heterocycles. The van der Waals surface area contributed by atoms with Crippen molar-refractivity contribution < 1.29 is 28.8 Å². The number of rotatable bonds is 6. The largest absolute Gasteiger partial charge is 0.493 e. The van der Waals surface area contributed by atoms with Crippen LogP contribution in [0.25, 0.3) is 17.4 Å². The van der Waals surface area contributed by atoms with Crippen molar-refractivity contribution in [2.45, 2.75) is 33.2 Å². The third kappa shape index (κ3) is 4.67. The summed E-state index contributed by atoms with van der Waals surface area (Å²) in [6.07, 6.45) is 2.46. The summed E-state index contributed by atoms with van der Waals surface area (Å²) in [5.41, 5.74) is 3.88. The average Bonchev–Trinajstić information content (AvgIpc) is 3.67. The number of benzene rings is 2. The molecule has 0 bridgehead atoms. The molecule has 0 aliphatic carbocycles. The molecule has 4 heterocycles. The van der Waals surface area contributed by atoms with Crippen molar-refractivity contribution in [2.24, 2.45) is 4.99 Å². The van der Waals surface area contributed by atoms with Gasteiger partial charge in [-0.2, -0.15) is 0 Å². The van der Waals surface area contributed by atoms with Crippen LogP contribution in [0.5, 0.6) is 5.75 Å². The number of nitrogens with zero attached hydrogens (tertiary/aromatic N) is 3. The molecule has 4 aromatic rings. The highest BCUT2D eigenvalue weighted by molar-refractivity contribution is 7.07. The number of furan rings is 1. The maximum atomic E-state index is 13.9. The second-order valence-corrected chi connectivity index (χ2v) is 10.8. The Labute approximate surface area is 237 Å². The number of allylic oxidation sites excluding steroid dienone is 1. The zero-order valence-electron chi connectivity index (χ0n) is 22.5. The maximum absolute atomic E-state index is 13.9. The van der Waals surface area contributed by atoms with Crippen LogP contribution >= 0.6 is 11.3 Å². The number of ether oxygens (including phenoxy) is 2. The molecule has 11 heteroatoms. The molecule has 1 atom stereocenters. The Morgan fingerprint density at radius 2 is 2.05 bits per heavy atom. The third-order valence-electron chi connectivity index (χ3n) is 7.15. The smallest absolute Gasteiger partial charge is 0.338 e. The van der Waals surface area contributed by atoms with Crippen LogP contribution in [0.4, 0.5) is 5.69 Å². The lowest BCUT2D eigenvalue weighted by molar-refractivity contribution is -0.729. The summed E-state index contributed by atoms with van der Waals surface area (Å²) in [6.45, 7) is 6.07. The molecule has 0 spiro atoms. The Balaban J connectivity index is 1.45. The van der Waals surface area contributed by atoms with Crippen LogP contribution in [0.3, 0.4) is 0 Å². The second kappa shape index (κ2) is 10.3. The van der Waals surface area contributed by atoms with E-state index >= 15 is 0 Å². The molecule has 0 saturated carbocycles. The number of aryl methyl sites for hydroxylation is 1. The first-order valence-electron chi connectivity index (χ1n) is 13.1. The van der Waals surface area contributed by atoms with Gasteiger partial charge in [-0.15, -0.1) is 0 Å². The van der Waals surface area contributed by atoms with Gasteiger partial charge in [0, 0.05) is 30.2 Å². The van der Waals surface area contributed by atoms with Crippen LogP contribution in [0.2, 0.25) is 0 Å². The minimum atomic E-state index is -0.734. The number of aromatic nitrogens is 1. The predicted octanol–water partition coefficient (Wildman–Crippen LogP) is 4.10. The number of carbonyl (C=O) groups is 1. The summed E-state index contributed by atoms with van der Waals surface area (Å²) in [5, 5.41) is 9.17. The molecule has 2 aromatic carbocycles. The molecule has 0 amide bonds. The topological polar surface area (TPSA) is 123 Å². The molecule has 2 aromatic heterocycles. The van der Waals surface area contributed by atoms with Gasteiger partial charge in [0.15, 0.2) is 4.80 Å². The van der Waals surface area contributed by atoms with Gasteiger partial charge in [0.25, 0.3) is 10.5 Å². The fourth-order valence-corrected chi connectivity index (χ4v) is 6.23.